The SMILES string of the molecule is CC(C)(C)C1CC(Oc2nc(C#N)cc3ccccc23)CN1C(=O)O. The third-order valence-corrected chi connectivity index (χ3v) is 4.61. The summed E-state index contributed by atoms with van der Waals surface area (Å²) in [6, 6.07) is 11.2. The van der Waals surface area contributed by atoms with Crippen molar-refractivity contribution in [2.24, 2.45) is 5.41 Å². The number of nitriles is 1. The number of fused-ring (bicyclic) bond motifs is 1. The van der Waals surface area contributed by atoms with E-state index in [1.165, 1.54) is 4.90 Å². The van der Waals surface area contributed by atoms with Crippen LogP contribution in [0.2, 0.25) is 0 Å². The van der Waals surface area contributed by atoms with Crippen molar-refractivity contribution < 1.29 is 14.6 Å². The minimum atomic E-state index is -0.936. The monoisotopic (exact) mass is 339 g/mol. The Kier molecular flexibility index (Phi) is 4.25. The van der Waals surface area contributed by atoms with Crippen molar-refractivity contribution in [3.63, 3.8) is 0 Å². The molecule has 25 heavy (non-hydrogen) atoms. The van der Waals surface area contributed by atoms with Crippen molar-refractivity contribution in [2.45, 2.75) is 39.3 Å². The van der Waals surface area contributed by atoms with E-state index in [9.17, 15) is 15.2 Å². The molecule has 1 amide bonds. The van der Waals surface area contributed by atoms with Gasteiger partial charge in [-0.05, 0) is 22.9 Å². The van der Waals surface area contributed by atoms with E-state index in [-0.39, 0.29) is 23.3 Å². The number of pyridine rings is 1. The molecule has 6 nitrogen and oxygen atoms in total. The Labute approximate surface area is 146 Å². The number of likely N-dealkylation sites (tertiary alicyclic amines) is 1. The number of benzene rings is 1. The number of rotatable bonds is 2. The Hall–Kier alpha value is -2.81. The van der Waals surface area contributed by atoms with E-state index in [0.29, 0.717) is 18.8 Å². The first-order valence-corrected chi connectivity index (χ1v) is 8.25. The zero-order chi connectivity index (χ0) is 18.2. The lowest BCUT2D eigenvalue weighted by molar-refractivity contribution is 0.105. The number of carbonyl (C=O) groups is 1. The van der Waals surface area contributed by atoms with E-state index >= 15 is 0 Å². The largest absolute Gasteiger partial charge is 0.472 e. The summed E-state index contributed by atoms with van der Waals surface area (Å²) in [5.41, 5.74) is 0.106. The summed E-state index contributed by atoms with van der Waals surface area (Å²) in [6.07, 6.45) is -0.623. The molecule has 1 aromatic heterocycles. The highest BCUT2D eigenvalue weighted by atomic mass is 16.5. The van der Waals surface area contributed by atoms with Crippen LogP contribution in [-0.4, -0.2) is 39.8 Å². The van der Waals surface area contributed by atoms with Crippen LogP contribution in [0.15, 0.2) is 30.3 Å². The first kappa shape index (κ1) is 17.0. The zero-order valence-electron chi connectivity index (χ0n) is 14.6. The van der Waals surface area contributed by atoms with Crippen LogP contribution in [0.4, 0.5) is 4.79 Å². The fourth-order valence-electron chi connectivity index (χ4n) is 3.39. The zero-order valence-corrected chi connectivity index (χ0v) is 14.6. The molecule has 3 rings (SSSR count). The number of aromatic nitrogens is 1. The van der Waals surface area contributed by atoms with Crippen molar-refractivity contribution in [3.05, 3.63) is 36.0 Å². The van der Waals surface area contributed by atoms with Crippen LogP contribution in [0.3, 0.4) is 0 Å². The van der Waals surface area contributed by atoms with Crippen molar-refractivity contribution in [1.29, 1.82) is 5.26 Å². The third kappa shape index (κ3) is 3.36. The molecule has 1 aliphatic rings. The Morgan fingerprint density at radius 2 is 2.12 bits per heavy atom. The average molecular weight is 339 g/mol. The van der Waals surface area contributed by atoms with Gasteiger partial charge < -0.3 is 14.7 Å². The Balaban J connectivity index is 1.92. The number of carboxylic acid groups (broad SMARTS) is 1. The molecule has 1 aliphatic heterocycles. The fourth-order valence-corrected chi connectivity index (χ4v) is 3.39. The summed E-state index contributed by atoms with van der Waals surface area (Å²) in [5, 5.41) is 20.4. The lowest BCUT2D eigenvalue weighted by Gasteiger charge is -2.32. The lowest BCUT2D eigenvalue weighted by atomic mass is 9.85. The second kappa shape index (κ2) is 6.25. The molecule has 130 valence electrons. The van der Waals surface area contributed by atoms with E-state index in [0.717, 1.165) is 10.8 Å². The highest BCUT2D eigenvalue weighted by Gasteiger charge is 2.43. The van der Waals surface area contributed by atoms with E-state index in [4.69, 9.17) is 4.74 Å². The maximum Gasteiger partial charge on any atom is 0.407 e. The third-order valence-electron chi connectivity index (χ3n) is 4.61. The molecule has 1 N–H and O–H groups in total. The van der Waals surface area contributed by atoms with Gasteiger partial charge in [0.25, 0.3) is 0 Å². The number of hydrogen-bond donors (Lipinski definition) is 1. The Morgan fingerprint density at radius 3 is 2.72 bits per heavy atom. The van der Waals surface area contributed by atoms with Gasteiger partial charge in [-0.15, -0.1) is 0 Å². The molecular formula is C19H21N3O3. The standard InChI is InChI=1S/C19H21N3O3/c1-19(2,3)16-9-14(11-22(16)18(23)24)25-17-15-7-5-4-6-12(15)8-13(10-20)21-17/h4-8,14,16H,9,11H2,1-3H3,(H,23,24). The molecule has 1 aromatic carbocycles. The fraction of sp³-hybridized carbons (Fsp3) is 0.421. The highest BCUT2D eigenvalue weighted by molar-refractivity contribution is 5.87. The smallest absolute Gasteiger partial charge is 0.407 e. The van der Waals surface area contributed by atoms with Crippen molar-refractivity contribution >= 4 is 16.9 Å². The molecule has 2 atom stereocenters. The van der Waals surface area contributed by atoms with Gasteiger partial charge in [-0.25, -0.2) is 9.78 Å². The lowest BCUT2D eigenvalue weighted by Crippen LogP contribution is -2.42. The van der Waals surface area contributed by atoms with Gasteiger partial charge in [0.15, 0.2) is 0 Å². The molecular weight excluding hydrogens is 318 g/mol. The van der Waals surface area contributed by atoms with Gasteiger partial charge in [-0.3, -0.25) is 0 Å². The van der Waals surface area contributed by atoms with Crippen LogP contribution in [-0.2, 0) is 0 Å². The second-order valence-corrected chi connectivity index (χ2v) is 7.44. The summed E-state index contributed by atoms with van der Waals surface area (Å²) >= 11 is 0. The van der Waals surface area contributed by atoms with Gasteiger partial charge >= 0.3 is 6.09 Å². The van der Waals surface area contributed by atoms with Crippen LogP contribution in [0, 0.1) is 16.7 Å². The first-order valence-electron chi connectivity index (χ1n) is 8.25. The number of nitrogens with zero attached hydrogens (tertiary/aromatic N) is 3. The number of amides is 1. The second-order valence-electron chi connectivity index (χ2n) is 7.44. The molecule has 2 unspecified atom stereocenters. The van der Waals surface area contributed by atoms with Gasteiger partial charge in [-0.1, -0.05) is 39.0 Å². The van der Waals surface area contributed by atoms with Crippen molar-refractivity contribution in [2.75, 3.05) is 6.54 Å². The summed E-state index contributed by atoms with van der Waals surface area (Å²) in [4.78, 5) is 17.3. The molecule has 1 fully saturated rings. The molecule has 6 heteroatoms. The predicted molar refractivity (Wildman–Crippen MR) is 93.5 cm³/mol. The molecule has 0 aliphatic carbocycles. The summed E-state index contributed by atoms with van der Waals surface area (Å²) < 4.78 is 6.07. The van der Waals surface area contributed by atoms with Gasteiger partial charge in [0.1, 0.15) is 17.9 Å². The minimum absolute atomic E-state index is 0.125. The van der Waals surface area contributed by atoms with E-state index in [1.54, 1.807) is 6.07 Å². The van der Waals surface area contributed by atoms with Crippen LogP contribution in [0.5, 0.6) is 5.88 Å². The van der Waals surface area contributed by atoms with Crippen LogP contribution in [0.25, 0.3) is 10.8 Å². The summed E-state index contributed by atoms with van der Waals surface area (Å²) in [7, 11) is 0. The maximum atomic E-state index is 11.6. The number of ether oxygens (including phenoxy) is 1. The van der Waals surface area contributed by atoms with E-state index in [1.807, 2.05) is 51.1 Å². The molecule has 0 bridgehead atoms. The normalized spacial score (nSPS) is 20.5. The topological polar surface area (TPSA) is 86.5 Å². The molecule has 2 heterocycles. The van der Waals surface area contributed by atoms with Crippen LogP contribution >= 0.6 is 0 Å². The Bertz CT molecular complexity index is 851. The quantitative estimate of drug-likeness (QED) is 0.902. The van der Waals surface area contributed by atoms with Crippen LogP contribution < -0.4 is 4.74 Å². The van der Waals surface area contributed by atoms with E-state index in [2.05, 4.69) is 4.98 Å². The van der Waals surface area contributed by atoms with Gasteiger partial charge in [0, 0.05) is 17.8 Å². The van der Waals surface area contributed by atoms with E-state index < -0.39 is 6.09 Å². The first-order chi connectivity index (χ1) is 11.8. The van der Waals surface area contributed by atoms with Crippen molar-refractivity contribution in [1.82, 2.24) is 9.88 Å². The van der Waals surface area contributed by atoms with Gasteiger partial charge in [-0.2, -0.15) is 5.26 Å². The molecule has 2 aromatic rings. The predicted octanol–water partition coefficient (Wildman–Crippen LogP) is 3.65. The molecule has 0 radical (unpaired) electrons. The molecule has 0 spiro atoms. The van der Waals surface area contributed by atoms with Crippen LogP contribution in [0.1, 0.15) is 32.9 Å². The minimum Gasteiger partial charge on any atom is -0.472 e. The molecule has 1 saturated heterocycles. The Morgan fingerprint density at radius 1 is 1.40 bits per heavy atom. The van der Waals surface area contributed by atoms with Gasteiger partial charge in [0.2, 0.25) is 5.88 Å². The summed E-state index contributed by atoms with van der Waals surface area (Å²) in [5.74, 6) is 0.388. The summed E-state index contributed by atoms with van der Waals surface area (Å²) in [6.45, 7) is 6.38. The number of hydrogen-bond acceptors (Lipinski definition) is 4. The highest BCUT2D eigenvalue weighted by Crippen LogP contribution is 2.35. The molecule has 0 saturated carbocycles. The average Bonchev–Trinajstić information content (AvgIpc) is 2.99. The maximum absolute atomic E-state index is 11.6. The van der Waals surface area contributed by atoms with Gasteiger partial charge in [0.05, 0.1) is 6.54 Å². The van der Waals surface area contributed by atoms with Crippen molar-refractivity contribution in [3.8, 4) is 11.9 Å².